The summed E-state index contributed by atoms with van der Waals surface area (Å²) >= 11 is 4.13. The Morgan fingerprint density at radius 1 is 1.50 bits per heavy atom. The molecule has 0 radical (unpaired) electrons. The normalized spacial score (nSPS) is 27.8. The van der Waals surface area contributed by atoms with Crippen LogP contribution in [-0.2, 0) is 0 Å². The zero-order chi connectivity index (χ0) is 8.44. The molecule has 1 saturated carbocycles. The molecule has 0 aromatic carbocycles. The molecule has 0 spiro atoms. The second kappa shape index (κ2) is 3.81. The molecule has 1 N–H and O–H groups in total. The molecule has 1 heterocycles. The summed E-state index contributed by atoms with van der Waals surface area (Å²) in [6.07, 6.45) is 6.57. The van der Waals surface area contributed by atoms with Crippen LogP contribution in [-0.4, -0.2) is 35.1 Å². The van der Waals surface area contributed by atoms with Crippen molar-refractivity contribution < 1.29 is 0 Å². The maximum Gasteiger partial charge on any atom is 0.0281 e. The molecule has 0 unspecified atom stereocenters. The van der Waals surface area contributed by atoms with Gasteiger partial charge in [0.15, 0.2) is 0 Å². The van der Waals surface area contributed by atoms with Gasteiger partial charge in [-0.05, 0) is 19.1 Å². The number of nitrogens with one attached hydrogen (secondary N) is 1. The first-order valence-electron chi connectivity index (χ1n) is 4.71. The largest absolute Gasteiger partial charge is 0.311 e. The van der Waals surface area contributed by atoms with E-state index in [2.05, 4.69) is 35.1 Å². The highest BCUT2D eigenvalue weighted by atomic mass is 32.2. The van der Waals surface area contributed by atoms with Crippen molar-refractivity contribution in [2.75, 3.05) is 24.3 Å². The first kappa shape index (κ1) is 9.22. The first-order chi connectivity index (χ1) is 5.85. The van der Waals surface area contributed by atoms with Crippen molar-refractivity contribution in [1.29, 1.82) is 0 Å². The smallest absolute Gasteiger partial charge is 0.0281 e. The number of thioether (sulfide) groups is 2. The van der Waals surface area contributed by atoms with Gasteiger partial charge in [0, 0.05) is 28.8 Å². The number of hydrogen-bond acceptors (Lipinski definition) is 3. The minimum Gasteiger partial charge on any atom is -0.311 e. The van der Waals surface area contributed by atoms with Crippen LogP contribution < -0.4 is 5.32 Å². The van der Waals surface area contributed by atoms with E-state index in [1.54, 1.807) is 0 Å². The van der Waals surface area contributed by atoms with Crippen LogP contribution in [0.4, 0.5) is 0 Å². The molecule has 0 aromatic heterocycles. The van der Waals surface area contributed by atoms with Crippen molar-refractivity contribution >= 4 is 23.5 Å². The predicted molar refractivity (Wildman–Crippen MR) is 59.2 cm³/mol. The molecular formula is C9H17NS2. The Morgan fingerprint density at radius 2 is 2.25 bits per heavy atom. The van der Waals surface area contributed by atoms with Gasteiger partial charge in [-0.3, -0.25) is 0 Å². The second-order valence-corrected chi connectivity index (χ2v) is 6.21. The van der Waals surface area contributed by atoms with Gasteiger partial charge in [0.05, 0.1) is 0 Å². The van der Waals surface area contributed by atoms with Crippen LogP contribution in [0.3, 0.4) is 0 Å². The third-order valence-electron chi connectivity index (χ3n) is 3.05. The molecule has 1 aliphatic heterocycles. The summed E-state index contributed by atoms with van der Waals surface area (Å²) in [6.45, 7) is 1.25. The fourth-order valence-electron chi connectivity index (χ4n) is 1.71. The van der Waals surface area contributed by atoms with Crippen molar-refractivity contribution in [3.05, 3.63) is 0 Å². The summed E-state index contributed by atoms with van der Waals surface area (Å²) in [7, 11) is 0. The van der Waals surface area contributed by atoms with Crippen molar-refractivity contribution in [3.8, 4) is 0 Å². The van der Waals surface area contributed by atoms with Crippen LogP contribution >= 0.6 is 23.5 Å². The summed E-state index contributed by atoms with van der Waals surface area (Å²) in [5.74, 6) is 2.68. The highest BCUT2D eigenvalue weighted by Crippen LogP contribution is 2.42. The van der Waals surface area contributed by atoms with E-state index >= 15 is 0 Å². The Hall–Kier alpha value is 0.660. The Labute approximate surface area is 83.4 Å². The topological polar surface area (TPSA) is 12.0 Å². The van der Waals surface area contributed by atoms with Crippen molar-refractivity contribution in [3.63, 3.8) is 0 Å². The van der Waals surface area contributed by atoms with Crippen LogP contribution in [0.15, 0.2) is 0 Å². The SMILES string of the molecule is CSC1(CNC2CSC2)CCC1. The molecule has 1 aliphatic carbocycles. The predicted octanol–water partition coefficient (Wildman–Crippen LogP) is 1.98. The highest BCUT2D eigenvalue weighted by Gasteiger charge is 2.36. The van der Waals surface area contributed by atoms with Gasteiger partial charge in [-0.2, -0.15) is 23.5 Å². The lowest BCUT2D eigenvalue weighted by molar-refractivity contribution is 0.336. The molecule has 2 fully saturated rings. The maximum atomic E-state index is 3.67. The van der Waals surface area contributed by atoms with Crippen LogP contribution in [0, 0.1) is 0 Å². The summed E-state index contributed by atoms with van der Waals surface area (Å²) < 4.78 is 0.625. The third kappa shape index (κ3) is 1.78. The minimum atomic E-state index is 0.625. The molecule has 12 heavy (non-hydrogen) atoms. The monoisotopic (exact) mass is 203 g/mol. The number of hydrogen-bond donors (Lipinski definition) is 1. The Bertz CT molecular complexity index is 147. The molecule has 0 bridgehead atoms. The molecule has 3 heteroatoms. The number of rotatable bonds is 4. The van der Waals surface area contributed by atoms with Gasteiger partial charge < -0.3 is 5.32 Å². The van der Waals surface area contributed by atoms with Gasteiger partial charge in [-0.25, -0.2) is 0 Å². The molecule has 1 saturated heterocycles. The van der Waals surface area contributed by atoms with Crippen molar-refractivity contribution in [1.82, 2.24) is 5.32 Å². The average Bonchev–Trinajstić information content (AvgIpc) is 1.91. The van der Waals surface area contributed by atoms with Crippen LogP contribution in [0.2, 0.25) is 0 Å². The summed E-state index contributed by atoms with van der Waals surface area (Å²) in [6, 6.07) is 0.833. The Morgan fingerprint density at radius 3 is 2.58 bits per heavy atom. The Balaban J connectivity index is 1.69. The lowest BCUT2D eigenvalue weighted by Crippen LogP contribution is -2.50. The van der Waals surface area contributed by atoms with E-state index in [0.717, 1.165) is 6.04 Å². The van der Waals surface area contributed by atoms with Gasteiger partial charge in [-0.15, -0.1) is 0 Å². The summed E-state index contributed by atoms with van der Waals surface area (Å²) in [5.41, 5.74) is 0. The van der Waals surface area contributed by atoms with E-state index in [0.29, 0.717) is 4.75 Å². The Kier molecular flexibility index (Phi) is 2.93. The fourth-order valence-corrected chi connectivity index (χ4v) is 3.34. The first-order valence-corrected chi connectivity index (χ1v) is 7.09. The van der Waals surface area contributed by atoms with Crippen molar-refractivity contribution in [2.24, 2.45) is 0 Å². The molecule has 0 amide bonds. The molecule has 1 nitrogen and oxygen atoms in total. The molecule has 2 aliphatic rings. The fraction of sp³-hybridized carbons (Fsp3) is 1.00. The zero-order valence-electron chi connectivity index (χ0n) is 7.64. The molecule has 2 rings (SSSR count). The molecular weight excluding hydrogens is 186 g/mol. The molecule has 0 aromatic rings. The quantitative estimate of drug-likeness (QED) is 0.750. The lowest BCUT2D eigenvalue weighted by Gasteiger charge is -2.42. The lowest BCUT2D eigenvalue weighted by atomic mass is 9.84. The van der Waals surface area contributed by atoms with Crippen LogP contribution in [0.5, 0.6) is 0 Å². The van der Waals surface area contributed by atoms with Crippen LogP contribution in [0.25, 0.3) is 0 Å². The van der Waals surface area contributed by atoms with Gasteiger partial charge in [0.25, 0.3) is 0 Å². The van der Waals surface area contributed by atoms with Gasteiger partial charge >= 0.3 is 0 Å². The summed E-state index contributed by atoms with van der Waals surface area (Å²) in [5, 5.41) is 3.67. The van der Waals surface area contributed by atoms with E-state index in [1.807, 2.05) is 0 Å². The minimum absolute atomic E-state index is 0.625. The van der Waals surface area contributed by atoms with Gasteiger partial charge in [-0.1, -0.05) is 6.42 Å². The second-order valence-electron chi connectivity index (χ2n) is 3.86. The van der Waals surface area contributed by atoms with E-state index < -0.39 is 0 Å². The van der Waals surface area contributed by atoms with Crippen molar-refractivity contribution in [2.45, 2.75) is 30.1 Å². The summed E-state index contributed by atoms with van der Waals surface area (Å²) in [4.78, 5) is 0. The standard InChI is InChI=1S/C9H17NS2/c1-11-9(3-2-4-9)7-10-8-5-12-6-8/h8,10H,2-7H2,1H3. The van der Waals surface area contributed by atoms with E-state index in [-0.39, 0.29) is 0 Å². The molecule has 70 valence electrons. The zero-order valence-corrected chi connectivity index (χ0v) is 9.27. The van der Waals surface area contributed by atoms with E-state index in [1.165, 1.54) is 37.3 Å². The van der Waals surface area contributed by atoms with E-state index in [4.69, 9.17) is 0 Å². The highest BCUT2D eigenvalue weighted by molar-refractivity contribution is 8.00. The van der Waals surface area contributed by atoms with Crippen LogP contribution in [0.1, 0.15) is 19.3 Å². The average molecular weight is 203 g/mol. The molecule has 0 atom stereocenters. The van der Waals surface area contributed by atoms with Gasteiger partial charge in [0.1, 0.15) is 0 Å². The van der Waals surface area contributed by atoms with Gasteiger partial charge in [0.2, 0.25) is 0 Å². The maximum absolute atomic E-state index is 3.67. The van der Waals surface area contributed by atoms with E-state index in [9.17, 15) is 0 Å². The third-order valence-corrected chi connectivity index (χ3v) is 5.74.